The molecule has 0 bridgehead atoms. The molecule has 2 aromatic heterocycles. The number of likely N-dealkylation sites (tertiary alicyclic amines) is 1. The summed E-state index contributed by atoms with van der Waals surface area (Å²) in [4.78, 5) is 31.2. The predicted octanol–water partition coefficient (Wildman–Crippen LogP) is 2.86. The number of halogens is 1. The van der Waals surface area contributed by atoms with E-state index in [0.29, 0.717) is 30.8 Å². The maximum Gasteiger partial charge on any atom is 0.321 e. The summed E-state index contributed by atoms with van der Waals surface area (Å²) < 4.78 is 2.56. The van der Waals surface area contributed by atoms with Crippen molar-refractivity contribution in [1.82, 2.24) is 25.0 Å². The Morgan fingerprint density at radius 1 is 1.23 bits per heavy atom. The van der Waals surface area contributed by atoms with Crippen LogP contribution in [-0.2, 0) is 7.05 Å². The van der Waals surface area contributed by atoms with E-state index in [1.165, 1.54) is 0 Å². The summed E-state index contributed by atoms with van der Waals surface area (Å²) in [6, 6.07) is 8.74. The number of hydrogen-bond donors (Lipinski definition) is 3. The second-order valence-corrected chi connectivity index (χ2v) is 8.32. The molecule has 1 aliphatic heterocycles. The Morgan fingerprint density at radius 3 is 2.81 bits per heavy atom. The Morgan fingerprint density at radius 2 is 2.06 bits per heavy atom. The third kappa shape index (κ3) is 4.85. The molecule has 0 unspecified atom stereocenters. The fourth-order valence-corrected chi connectivity index (χ4v) is 3.88. The number of amides is 3. The lowest BCUT2D eigenvalue weighted by Crippen LogP contribution is -2.40. The first kappa shape index (κ1) is 20.9. The molecule has 0 radical (unpaired) electrons. The molecule has 31 heavy (non-hydrogen) atoms. The molecule has 1 aliphatic rings. The number of aryl methyl sites for hydroxylation is 1. The van der Waals surface area contributed by atoms with E-state index in [4.69, 9.17) is 5.73 Å². The van der Waals surface area contributed by atoms with Crippen LogP contribution in [0.15, 0.2) is 53.4 Å². The first-order valence-electron chi connectivity index (χ1n) is 9.76. The molecule has 1 atom stereocenters. The van der Waals surface area contributed by atoms with Crippen LogP contribution in [0.25, 0.3) is 11.1 Å². The Kier molecular flexibility index (Phi) is 5.90. The van der Waals surface area contributed by atoms with Gasteiger partial charge in [0.15, 0.2) is 0 Å². The van der Waals surface area contributed by atoms with Crippen LogP contribution in [-0.4, -0.2) is 50.7 Å². The summed E-state index contributed by atoms with van der Waals surface area (Å²) in [5.74, 6) is -0.151. The van der Waals surface area contributed by atoms with Crippen LogP contribution in [0.1, 0.15) is 16.8 Å². The Bertz CT molecular complexity index is 1130. The van der Waals surface area contributed by atoms with Gasteiger partial charge in [-0.25, -0.2) is 9.78 Å². The van der Waals surface area contributed by atoms with E-state index in [1.807, 2.05) is 37.5 Å². The first-order chi connectivity index (χ1) is 14.9. The molecule has 160 valence electrons. The van der Waals surface area contributed by atoms with E-state index >= 15 is 0 Å². The van der Waals surface area contributed by atoms with Crippen molar-refractivity contribution < 1.29 is 9.59 Å². The lowest BCUT2D eigenvalue weighted by atomic mass is 10.1. The van der Waals surface area contributed by atoms with Gasteiger partial charge in [0.25, 0.3) is 5.91 Å². The summed E-state index contributed by atoms with van der Waals surface area (Å²) in [5, 5.41) is 9.99. The standard InChI is InChI=1S/C21H22BrN7O2/c1-28-11-14(10-25-28)13-7-18(19(23)24-9-13)20(30)26-17-5-6-29(12-17)21(31)27-16-4-2-3-15(22)8-16/h2-4,7-11,17H,5-6,12H2,1H3,(H2,23,24)(H,26,30)(H,27,31)/t17-/m1/s1. The van der Waals surface area contributed by atoms with Crippen LogP contribution in [0.5, 0.6) is 0 Å². The number of rotatable bonds is 4. The van der Waals surface area contributed by atoms with Gasteiger partial charge in [0.05, 0.1) is 11.8 Å². The van der Waals surface area contributed by atoms with Crippen molar-refractivity contribution >= 4 is 39.4 Å². The van der Waals surface area contributed by atoms with Crippen molar-refractivity contribution in [2.24, 2.45) is 7.05 Å². The Hall–Kier alpha value is -3.40. The van der Waals surface area contributed by atoms with E-state index in [9.17, 15) is 9.59 Å². The monoisotopic (exact) mass is 483 g/mol. The Labute approximate surface area is 187 Å². The largest absolute Gasteiger partial charge is 0.383 e. The van der Waals surface area contributed by atoms with Crippen LogP contribution in [0.4, 0.5) is 16.3 Å². The highest BCUT2D eigenvalue weighted by Crippen LogP contribution is 2.22. The fraction of sp³-hybridized carbons (Fsp3) is 0.238. The number of nitrogens with one attached hydrogen (secondary N) is 2. The van der Waals surface area contributed by atoms with Gasteiger partial charge in [0.2, 0.25) is 0 Å². The number of pyridine rings is 1. The number of nitrogen functional groups attached to an aromatic ring is 1. The number of carbonyl (C=O) groups is 2. The molecule has 3 amide bonds. The second-order valence-electron chi connectivity index (χ2n) is 7.41. The molecule has 0 saturated carbocycles. The van der Waals surface area contributed by atoms with E-state index in [0.717, 1.165) is 15.6 Å². The number of benzene rings is 1. The zero-order valence-corrected chi connectivity index (χ0v) is 18.5. The van der Waals surface area contributed by atoms with Gasteiger partial charge in [0, 0.05) is 59.9 Å². The smallest absolute Gasteiger partial charge is 0.321 e. The average Bonchev–Trinajstić information content (AvgIpc) is 3.37. The van der Waals surface area contributed by atoms with Crippen LogP contribution >= 0.6 is 15.9 Å². The summed E-state index contributed by atoms with van der Waals surface area (Å²) in [5.41, 5.74) is 8.57. The van der Waals surface area contributed by atoms with E-state index in [2.05, 4.69) is 36.6 Å². The quantitative estimate of drug-likeness (QED) is 0.527. The van der Waals surface area contributed by atoms with Crippen molar-refractivity contribution in [2.45, 2.75) is 12.5 Å². The van der Waals surface area contributed by atoms with Crippen molar-refractivity contribution in [3.63, 3.8) is 0 Å². The minimum atomic E-state index is -0.310. The summed E-state index contributed by atoms with van der Waals surface area (Å²) in [7, 11) is 1.82. The number of nitrogens with two attached hydrogens (primary N) is 1. The first-order valence-corrected chi connectivity index (χ1v) is 10.6. The molecule has 9 nitrogen and oxygen atoms in total. The van der Waals surface area contributed by atoms with Gasteiger partial charge in [-0.05, 0) is 30.7 Å². The van der Waals surface area contributed by atoms with Crippen molar-refractivity contribution in [2.75, 3.05) is 24.1 Å². The third-order valence-corrected chi connectivity index (χ3v) is 5.58. The highest BCUT2D eigenvalue weighted by atomic mass is 79.9. The van der Waals surface area contributed by atoms with Gasteiger partial charge < -0.3 is 21.3 Å². The highest BCUT2D eigenvalue weighted by Gasteiger charge is 2.28. The molecule has 4 rings (SSSR count). The zero-order chi connectivity index (χ0) is 22.0. The third-order valence-electron chi connectivity index (χ3n) is 5.09. The lowest BCUT2D eigenvalue weighted by Gasteiger charge is -2.18. The van der Waals surface area contributed by atoms with Crippen LogP contribution in [0, 0.1) is 0 Å². The topological polar surface area (TPSA) is 118 Å². The van der Waals surface area contributed by atoms with Crippen LogP contribution in [0.3, 0.4) is 0 Å². The number of carbonyl (C=O) groups excluding carboxylic acids is 2. The maximum absolute atomic E-state index is 12.8. The van der Waals surface area contributed by atoms with Gasteiger partial charge in [-0.1, -0.05) is 22.0 Å². The SMILES string of the molecule is Cn1cc(-c2cnc(N)c(C(=O)N[C@@H]3CCN(C(=O)Nc4cccc(Br)c4)C3)c2)cn1. The average molecular weight is 484 g/mol. The molecule has 10 heteroatoms. The molecular weight excluding hydrogens is 462 g/mol. The molecule has 1 saturated heterocycles. The van der Waals surface area contributed by atoms with Gasteiger partial charge in [-0.3, -0.25) is 9.48 Å². The molecule has 3 heterocycles. The molecule has 1 aromatic carbocycles. The van der Waals surface area contributed by atoms with E-state index in [-0.39, 0.29) is 23.8 Å². The normalized spacial score (nSPS) is 15.7. The molecule has 4 N–H and O–H groups in total. The zero-order valence-electron chi connectivity index (χ0n) is 16.9. The van der Waals surface area contributed by atoms with Gasteiger partial charge >= 0.3 is 6.03 Å². The molecule has 0 aliphatic carbocycles. The van der Waals surface area contributed by atoms with Gasteiger partial charge in [-0.15, -0.1) is 0 Å². The maximum atomic E-state index is 12.8. The summed E-state index contributed by atoms with van der Waals surface area (Å²) in [6.07, 6.45) is 5.82. The van der Waals surface area contributed by atoms with Crippen molar-refractivity contribution in [3.8, 4) is 11.1 Å². The van der Waals surface area contributed by atoms with Gasteiger partial charge in [0.1, 0.15) is 5.82 Å². The fourth-order valence-electron chi connectivity index (χ4n) is 3.48. The minimum absolute atomic E-state index is 0.160. The Balaban J connectivity index is 1.39. The van der Waals surface area contributed by atoms with Crippen molar-refractivity contribution in [3.05, 3.63) is 59.0 Å². The highest BCUT2D eigenvalue weighted by molar-refractivity contribution is 9.10. The summed E-state index contributed by atoms with van der Waals surface area (Å²) >= 11 is 3.39. The van der Waals surface area contributed by atoms with Crippen LogP contribution < -0.4 is 16.4 Å². The number of nitrogens with zero attached hydrogens (tertiary/aromatic N) is 4. The number of anilines is 2. The van der Waals surface area contributed by atoms with Crippen molar-refractivity contribution in [1.29, 1.82) is 0 Å². The molecular formula is C21H22BrN7O2. The van der Waals surface area contributed by atoms with Gasteiger partial charge in [-0.2, -0.15) is 5.10 Å². The number of urea groups is 1. The second kappa shape index (κ2) is 8.76. The van der Waals surface area contributed by atoms with Crippen LogP contribution in [0.2, 0.25) is 0 Å². The van der Waals surface area contributed by atoms with E-state index in [1.54, 1.807) is 28.0 Å². The minimum Gasteiger partial charge on any atom is -0.383 e. The molecule has 1 fully saturated rings. The molecule has 3 aromatic rings. The number of hydrogen-bond acceptors (Lipinski definition) is 5. The lowest BCUT2D eigenvalue weighted by molar-refractivity contribution is 0.0938. The predicted molar refractivity (Wildman–Crippen MR) is 121 cm³/mol. The van der Waals surface area contributed by atoms with E-state index < -0.39 is 0 Å². The number of aromatic nitrogens is 3. The summed E-state index contributed by atoms with van der Waals surface area (Å²) in [6.45, 7) is 0.968. The molecule has 0 spiro atoms.